The van der Waals surface area contributed by atoms with E-state index in [-0.39, 0.29) is 23.2 Å². The van der Waals surface area contributed by atoms with Crippen molar-refractivity contribution in [2.45, 2.75) is 89.6 Å². The van der Waals surface area contributed by atoms with Crippen LogP contribution in [-0.4, -0.2) is 44.2 Å². The van der Waals surface area contributed by atoms with Crippen LogP contribution in [0.25, 0.3) is 11.2 Å². The van der Waals surface area contributed by atoms with Crippen molar-refractivity contribution in [2.24, 2.45) is 23.2 Å². The van der Waals surface area contributed by atoms with Crippen LogP contribution in [0.15, 0.2) is 36.9 Å². The highest BCUT2D eigenvalue weighted by molar-refractivity contribution is 5.82. The summed E-state index contributed by atoms with van der Waals surface area (Å²) >= 11 is 0. The molecule has 0 radical (unpaired) electrons. The quantitative estimate of drug-likeness (QED) is 0.453. The Bertz CT molecular complexity index is 1410. The Morgan fingerprint density at radius 1 is 1.05 bits per heavy atom. The van der Waals surface area contributed by atoms with Crippen molar-refractivity contribution >= 4 is 22.9 Å². The van der Waals surface area contributed by atoms with E-state index in [1.54, 1.807) is 13.4 Å². The number of rotatable bonds is 5. The summed E-state index contributed by atoms with van der Waals surface area (Å²) in [5.41, 5.74) is 2.75. The number of ether oxygens (including phenoxy) is 2. The Kier molecular flexibility index (Phi) is 6.25. The minimum atomic E-state index is -0.162. The number of carbonyl (C=O) groups excluding carboxylic acids is 1. The third kappa shape index (κ3) is 4.16. The zero-order valence-electron chi connectivity index (χ0n) is 23.7. The molecule has 2 aliphatic heterocycles. The molecule has 9 heteroatoms. The standard InChI is InChI=1S/C31H40N6O3/c1-30-14-13-25(38)36-24(30)10-8-21-22(30)12-15-31(2)23(21)9-11-26(40-31)37-18-35-27-28(33-17-34-29(27)37)32-16-19-4-6-20(39-3)7-5-19/h4-7,17-18,21-24,26H,8-16H2,1-3H3,(H,36,38)(H,32,33,34)/t21-,22+,23+,24-,26+,30-,31+/m1/s1. The number of hydrogen-bond acceptors (Lipinski definition) is 7. The molecule has 1 amide bonds. The third-order valence-corrected chi connectivity index (χ3v) is 10.8. The van der Waals surface area contributed by atoms with Gasteiger partial charge in [-0.2, -0.15) is 0 Å². The summed E-state index contributed by atoms with van der Waals surface area (Å²) in [5.74, 6) is 3.67. The Hall–Kier alpha value is -3.20. The van der Waals surface area contributed by atoms with Crippen molar-refractivity contribution in [2.75, 3.05) is 12.4 Å². The van der Waals surface area contributed by atoms with Crippen LogP contribution in [0.5, 0.6) is 5.75 Å². The predicted molar refractivity (Wildman–Crippen MR) is 152 cm³/mol. The smallest absolute Gasteiger partial charge is 0.220 e. The van der Waals surface area contributed by atoms with Crippen molar-refractivity contribution in [1.82, 2.24) is 24.8 Å². The maximum absolute atomic E-state index is 12.1. The number of nitrogens with zero attached hydrogens (tertiary/aromatic N) is 4. The van der Waals surface area contributed by atoms with Gasteiger partial charge in [0.15, 0.2) is 17.0 Å². The second-order valence-electron chi connectivity index (χ2n) is 12.8. The molecule has 4 aliphatic rings. The Labute approximate surface area is 235 Å². The molecule has 1 aromatic carbocycles. The number of amides is 1. The summed E-state index contributed by atoms with van der Waals surface area (Å²) in [4.78, 5) is 26.0. The second-order valence-corrected chi connectivity index (χ2v) is 12.8. The molecular weight excluding hydrogens is 504 g/mol. The van der Waals surface area contributed by atoms with E-state index in [0.717, 1.165) is 60.4 Å². The van der Waals surface area contributed by atoms with Crippen molar-refractivity contribution in [3.05, 3.63) is 42.5 Å². The molecule has 4 fully saturated rings. The van der Waals surface area contributed by atoms with Gasteiger partial charge in [-0.05, 0) is 92.7 Å². The normalized spacial score (nSPS) is 35.3. The molecule has 2 saturated carbocycles. The maximum atomic E-state index is 12.1. The van der Waals surface area contributed by atoms with Crippen molar-refractivity contribution in [1.29, 1.82) is 0 Å². The number of piperidine rings is 1. The molecule has 0 bridgehead atoms. The molecule has 3 aromatic rings. The van der Waals surface area contributed by atoms with Crippen LogP contribution in [0.3, 0.4) is 0 Å². The average Bonchev–Trinajstić information content (AvgIpc) is 3.41. The molecule has 0 unspecified atom stereocenters. The summed E-state index contributed by atoms with van der Waals surface area (Å²) in [6.45, 7) is 5.42. The SMILES string of the molecule is COc1ccc(CNc2ncnc3c2ncn3[C@@H]2CC[C@H]3[C@@H]4CC[C@H]5NC(=O)CC[C@]5(C)[C@H]4CC[C@]3(C)O2)cc1. The molecule has 9 nitrogen and oxygen atoms in total. The molecule has 40 heavy (non-hydrogen) atoms. The summed E-state index contributed by atoms with van der Waals surface area (Å²) in [5, 5.41) is 6.78. The predicted octanol–water partition coefficient (Wildman–Crippen LogP) is 5.24. The number of nitrogens with one attached hydrogen (secondary N) is 2. The zero-order valence-corrected chi connectivity index (χ0v) is 23.7. The zero-order chi connectivity index (χ0) is 27.5. The highest BCUT2D eigenvalue weighted by Crippen LogP contribution is 2.61. The van der Waals surface area contributed by atoms with Crippen molar-refractivity contribution < 1.29 is 14.3 Å². The van der Waals surface area contributed by atoms with E-state index < -0.39 is 0 Å². The molecule has 7 rings (SSSR count). The molecule has 2 saturated heterocycles. The number of anilines is 1. The highest BCUT2D eigenvalue weighted by Gasteiger charge is 2.59. The van der Waals surface area contributed by atoms with Crippen LogP contribution in [0.1, 0.15) is 77.0 Å². The Morgan fingerprint density at radius 3 is 2.73 bits per heavy atom. The van der Waals surface area contributed by atoms with E-state index in [9.17, 15) is 4.79 Å². The van der Waals surface area contributed by atoms with Crippen molar-refractivity contribution in [3.63, 3.8) is 0 Å². The van der Waals surface area contributed by atoms with Gasteiger partial charge in [-0.3, -0.25) is 9.36 Å². The van der Waals surface area contributed by atoms with E-state index in [0.29, 0.717) is 36.8 Å². The van der Waals surface area contributed by atoms with Gasteiger partial charge >= 0.3 is 0 Å². The first-order chi connectivity index (χ1) is 19.4. The molecule has 2 aromatic heterocycles. The fraction of sp³-hybridized carbons (Fsp3) is 0.613. The lowest BCUT2D eigenvalue weighted by atomic mass is 9.48. The highest BCUT2D eigenvalue weighted by atomic mass is 16.5. The van der Waals surface area contributed by atoms with Crippen LogP contribution in [-0.2, 0) is 16.1 Å². The number of hydrogen-bond donors (Lipinski definition) is 2. The second kappa shape index (κ2) is 9.72. The number of fused-ring (bicyclic) bond motifs is 6. The minimum Gasteiger partial charge on any atom is -0.497 e. The van der Waals surface area contributed by atoms with Gasteiger partial charge in [0.25, 0.3) is 0 Å². The van der Waals surface area contributed by atoms with Gasteiger partial charge in [0.05, 0.1) is 19.0 Å². The minimum absolute atomic E-state index is 0.0898. The first kappa shape index (κ1) is 25.7. The first-order valence-corrected chi connectivity index (χ1v) is 14.9. The topological polar surface area (TPSA) is 103 Å². The number of imidazole rings is 1. The molecule has 2 N–H and O–H groups in total. The molecule has 4 heterocycles. The van der Waals surface area contributed by atoms with Crippen LogP contribution in [0.4, 0.5) is 5.82 Å². The van der Waals surface area contributed by atoms with E-state index in [1.807, 2.05) is 30.6 Å². The van der Waals surface area contributed by atoms with Crippen LogP contribution in [0, 0.1) is 23.2 Å². The first-order valence-electron chi connectivity index (χ1n) is 14.9. The van der Waals surface area contributed by atoms with Gasteiger partial charge in [0.2, 0.25) is 5.91 Å². The number of carbonyl (C=O) groups is 1. The van der Waals surface area contributed by atoms with E-state index in [2.05, 4.69) is 39.0 Å². The summed E-state index contributed by atoms with van der Waals surface area (Å²) < 4.78 is 14.4. The lowest BCUT2D eigenvalue weighted by Gasteiger charge is -2.62. The van der Waals surface area contributed by atoms with Crippen LogP contribution in [0.2, 0.25) is 0 Å². The Balaban J connectivity index is 1.08. The number of methoxy groups -OCH3 is 1. The molecule has 212 valence electrons. The van der Waals surface area contributed by atoms with Crippen LogP contribution >= 0.6 is 0 Å². The molecule has 0 spiro atoms. The van der Waals surface area contributed by atoms with E-state index in [1.165, 1.54) is 12.8 Å². The van der Waals surface area contributed by atoms with Crippen LogP contribution < -0.4 is 15.4 Å². The van der Waals surface area contributed by atoms with Gasteiger partial charge in [-0.15, -0.1) is 0 Å². The molecule has 7 atom stereocenters. The summed E-state index contributed by atoms with van der Waals surface area (Å²) in [6, 6.07) is 8.34. The van der Waals surface area contributed by atoms with E-state index >= 15 is 0 Å². The van der Waals surface area contributed by atoms with Gasteiger partial charge in [0, 0.05) is 19.0 Å². The maximum Gasteiger partial charge on any atom is 0.220 e. The van der Waals surface area contributed by atoms with Gasteiger partial charge in [0.1, 0.15) is 18.3 Å². The van der Waals surface area contributed by atoms with Crippen molar-refractivity contribution in [3.8, 4) is 5.75 Å². The van der Waals surface area contributed by atoms with E-state index in [4.69, 9.17) is 14.5 Å². The molecule has 2 aliphatic carbocycles. The third-order valence-electron chi connectivity index (χ3n) is 10.8. The summed E-state index contributed by atoms with van der Waals surface area (Å²) in [6.07, 6.45) is 11.7. The fourth-order valence-electron chi connectivity index (χ4n) is 8.66. The lowest BCUT2D eigenvalue weighted by Crippen LogP contribution is -2.63. The summed E-state index contributed by atoms with van der Waals surface area (Å²) in [7, 11) is 1.67. The lowest BCUT2D eigenvalue weighted by molar-refractivity contribution is -0.231. The average molecular weight is 545 g/mol. The molecular formula is C31H40N6O3. The van der Waals surface area contributed by atoms with Gasteiger partial charge in [-0.25, -0.2) is 15.0 Å². The van der Waals surface area contributed by atoms with Gasteiger partial charge in [-0.1, -0.05) is 19.1 Å². The number of aromatic nitrogens is 4. The number of benzene rings is 1. The monoisotopic (exact) mass is 544 g/mol. The van der Waals surface area contributed by atoms with Gasteiger partial charge < -0.3 is 20.1 Å². The fourth-order valence-corrected chi connectivity index (χ4v) is 8.66. The largest absolute Gasteiger partial charge is 0.497 e. The Morgan fingerprint density at radius 2 is 1.90 bits per heavy atom.